The monoisotopic (exact) mass is 298 g/mol. The molecule has 108 valence electrons. The number of rotatable bonds is 5. The molecule has 0 atom stereocenters. The molecular formula is C11H14N4O4S. The van der Waals surface area contributed by atoms with Crippen molar-refractivity contribution < 1.29 is 17.9 Å². The van der Waals surface area contributed by atoms with Crippen molar-refractivity contribution >= 4 is 21.7 Å². The SMILES string of the molecule is CCOC(=O)c1c(NS(=O)(=O)c2cn[nH]c2)c[nH]c1C. The molecule has 0 saturated heterocycles. The van der Waals surface area contributed by atoms with Crippen LogP contribution in [0.15, 0.2) is 23.5 Å². The summed E-state index contributed by atoms with van der Waals surface area (Å²) < 4.78 is 31.4. The fourth-order valence-electron chi connectivity index (χ4n) is 1.66. The highest BCUT2D eigenvalue weighted by Crippen LogP contribution is 2.23. The molecule has 0 aliphatic heterocycles. The maximum Gasteiger partial charge on any atom is 0.342 e. The number of aromatic nitrogens is 3. The smallest absolute Gasteiger partial charge is 0.342 e. The zero-order chi connectivity index (χ0) is 14.8. The van der Waals surface area contributed by atoms with E-state index in [0.717, 1.165) is 0 Å². The number of carbonyl (C=O) groups is 1. The standard InChI is InChI=1S/C11H14N4O4S/c1-3-19-11(16)10-7(2)12-6-9(10)15-20(17,18)8-4-13-14-5-8/h4-6,12,15H,3H2,1-2H3,(H,13,14). The van der Waals surface area contributed by atoms with E-state index in [9.17, 15) is 13.2 Å². The number of esters is 1. The molecule has 0 unspecified atom stereocenters. The zero-order valence-electron chi connectivity index (χ0n) is 10.9. The van der Waals surface area contributed by atoms with Crippen molar-refractivity contribution in [3.63, 3.8) is 0 Å². The second kappa shape index (κ2) is 5.37. The van der Waals surface area contributed by atoms with Crippen LogP contribution in [0.5, 0.6) is 0 Å². The van der Waals surface area contributed by atoms with Gasteiger partial charge in [0.2, 0.25) is 0 Å². The van der Waals surface area contributed by atoms with E-state index in [4.69, 9.17) is 4.74 Å². The predicted octanol–water partition coefficient (Wildman–Crippen LogP) is 1.02. The maximum atomic E-state index is 12.1. The van der Waals surface area contributed by atoms with Gasteiger partial charge in [-0.2, -0.15) is 5.10 Å². The van der Waals surface area contributed by atoms with Gasteiger partial charge >= 0.3 is 5.97 Å². The number of aromatic amines is 2. The molecule has 0 amide bonds. The molecule has 0 aliphatic carbocycles. The number of H-pyrrole nitrogens is 2. The van der Waals surface area contributed by atoms with Gasteiger partial charge in [0.15, 0.2) is 0 Å². The number of hydrogen-bond donors (Lipinski definition) is 3. The minimum atomic E-state index is -3.80. The molecule has 9 heteroatoms. The third kappa shape index (κ3) is 2.67. The topological polar surface area (TPSA) is 117 Å². The van der Waals surface area contributed by atoms with E-state index >= 15 is 0 Å². The highest BCUT2D eigenvalue weighted by molar-refractivity contribution is 7.92. The van der Waals surface area contributed by atoms with Crippen LogP contribution in [0, 0.1) is 6.92 Å². The van der Waals surface area contributed by atoms with Gasteiger partial charge in [0.1, 0.15) is 10.5 Å². The molecule has 0 saturated carbocycles. The van der Waals surface area contributed by atoms with Gasteiger partial charge in [-0.3, -0.25) is 9.82 Å². The first-order valence-electron chi connectivity index (χ1n) is 5.82. The van der Waals surface area contributed by atoms with Crippen LogP contribution in [0.25, 0.3) is 0 Å². The Morgan fingerprint density at radius 1 is 1.45 bits per heavy atom. The van der Waals surface area contributed by atoms with Gasteiger partial charge in [-0.05, 0) is 13.8 Å². The Balaban J connectivity index is 2.34. The van der Waals surface area contributed by atoms with Crippen LogP contribution in [0.1, 0.15) is 23.0 Å². The lowest BCUT2D eigenvalue weighted by Crippen LogP contribution is -2.15. The average Bonchev–Trinajstić information content (AvgIpc) is 2.99. The molecule has 2 rings (SSSR count). The van der Waals surface area contributed by atoms with Gasteiger partial charge in [0, 0.05) is 18.1 Å². The summed E-state index contributed by atoms with van der Waals surface area (Å²) >= 11 is 0. The molecule has 2 heterocycles. The first kappa shape index (κ1) is 14.1. The number of hydrogen-bond acceptors (Lipinski definition) is 5. The largest absolute Gasteiger partial charge is 0.462 e. The molecule has 0 aliphatic rings. The van der Waals surface area contributed by atoms with Gasteiger partial charge in [-0.25, -0.2) is 13.2 Å². The van der Waals surface area contributed by atoms with Crippen LogP contribution in [-0.4, -0.2) is 36.2 Å². The number of nitrogens with zero attached hydrogens (tertiary/aromatic N) is 1. The van der Waals surface area contributed by atoms with Gasteiger partial charge < -0.3 is 9.72 Å². The molecule has 2 aromatic heterocycles. The first-order chi connectivity index (χ1) is 9.45. The fraction of sp³-hybridized carbons (Fsp3) is 0.273. The summed E-state index contributed by atoms with van der Waals surface area (Å²) in [6.07, 6.45) is 3.82. The van der Waals surface area contributed by atoms with E-state index in [1.165, 1.54) is 18.6 Å². The average molecular weight is 298 g/mol. The van der Waals surface area contributed by atoms with Crippen LogP contribution < -0.4 is 4.72 Å². The lowest BCUT2D eigenvalue weighted by Gasteiger charge is -2.07. The number of anilines is 1. The van der Waals surface area contributed by atoms with Gasteiger partial charge in [0.25, 0.3) is 10.0 Å². The predicted molar refractivity (Wildman–Crippen MR) is 70.9 cm³/mol. The van der Waals surface area contributed by atoms with Gasteiger partial charge in [-0.15, -0.1) is 0 Å². The molecule has 0 fully saturated rings. The minimum absolute atomic E-state index is 0.0221. The second-order valence-electron chi connectivity index (χ2n) is 3.96. The lowest BCUT2D eigenvalue weighted by atomic mass is 10.2. The molecule has 0 bridgehead atoms. The zero-order valence-corrected chi connectivity index (χ0v) is 11.7. The lowest BCUT2D eigenvalue weighted by molar-refractivity contribution is 0.0527. The van der Waals surface area contributed by atoms with Crippen molar-refractivity contribution in [1.29, 1.82) is 0 Å². The number of sulfonamides is 1. The van der Waals surface area contributed by atoms with Crippen LogP contribution in [0.2, 0.25) is 0 Å². The molecule has 8 nitrogen and oxygen atoms in total. The van der Waals surface area contributed by atoms with Gasteiger partial charge in [-0.1, -0.05) is 0 Å². The molecule has 0 radical (unpaired) electrons. The first-order valence-corrected chi connectivity index (χ1v) is 7.30. The van der Waals surface area contributed by atoms with Crippen molar-refractivity contribution in [3.05, 3.63) is 29.8 Å². The molecule has 20 heavy (non-hydrogen) atoms. The summed E-state index contributed by atoms with van der Waals surface area (Å²) in [5.74, 6) is -0.587. The maximum absolute atomic E-state index is 12.1. The highest BCUT2D eigenvalue weighted by Gasteiger charge is 2.23. The third-order valence-corrected chi connectivity index (χ3v) is 3.92. The Morgan fingerprint density at radius 2 is 2.20 bits per heavy atom. The normalized spacial score (nSPS) is 11.3. The Bertz CT molecular complexity index is 703. The van der Waals surface area contributed by atoms with Crippen LogP contribution in [0.4, 0.5) is 5.69 Å². The summed E-state index contributed by atoms with van der Waals surface area (Å²) in [5.41, 5.74) is 0.828. The molecule has 2 aromatic rings. The number of ether oxygens (including phenoxy) is 1. The van der Waals surface area contributed by atoms with E-state index in [-0.39, 0.29) is 22.8 Å². The number of aryl methyl sites for hydroxylation is 1. The summed E-state index contributed by atoms with van der Waals surface area (Å²) in [4.78, 5) is 14.6. The number of carbonyl (C=O) groups excluding carboxylic acids is 1. The Hall–Kier alpha value is -2.29. The summed E-state index contributed by atoms with van der Waals surface area (Å²) in [6, 6.07) is 0. The van der Waals surface area contributed by atoms with E-state index in [0.29, 0.717) is 5.69 Å². The van der Waals surface area contributed by atoms with Crippen molar-refractivity contribution in [1.82, 2.24) is 15.2 Å². The van der Waals surface area contributed by atoms with Crippen LogP contribution in [-0.2, 0) is 14.8 Å². The second-order valence-corrected chi connectivity index (χ2v) is 5.64. The van der Waals surface area contributed by atoms with Crippen molar-refractivity contribution in [2.75, 3.05) is 11.3 Å². The molecular weight excluding hydrogens is 284 g/mol. The van der Waals surface area contributed by atoms with E-state index < -0.39 is 16.0 Å². The van der Waals surface area contributed by atoms with Crippen molar-refractivity contribution in [2.45, 2.75) is 18.7 Å². The van der Waals surface area contributed by atoms with E-state index in [1.54, 1.807) is 13.8 Å². The summed E-state index contributed by atoms with van der Waals surface area (Å²) in [6.45, 7) is 3.54. The Kier molecular flexibility index (Phi) is 3.79. The van der Waals surface area contributed by atoms with E-state index in [1.807, 2.05) is 0 Å². The van der Waals surface area contributed by atoms with Crippen molar-refractivity contribution in [3.8, 4) is 0 Å². The molecule has 0 spiro atoms. The van der Waals surface area contributed by atoms with Crippen LogP contribution in [0.3, 0.4) is 0 Å². The number of nitrogens with one attached hydrogen (secondary N) is 3. The third-order valence-electron chi connectivity index (χ3n) is 2.58. The van der Waals surface area contributed by atoms with Gasteiger partial charge in [0.05, 0.1) is 18.5 Å². The highest BCUT2D eigenvalue weighted by atomic mass is 32.2. The summed E-state index contributed by atoms with van der Waals surface area (Å²) in [7, 11) is -3.80. The summed E-state index contributed by atoms with van der Waals surface area (Å²) in [5, 5.41) is 5.99. The Labute approximate surface area is 115 Å². The molecule has 3 N–H and O–H groups in total. The fourth-order valence-corrected chi connectivity index (χ4v) is 2.63. The molecule has 0 aromatic carbocycles. The Morgan fingerprint density at radius 3 is 2.80 bits per heavy atom. The van der Waals surface area contributed by atoms with Crippen LogP contribution >= 0.6 is 0 Å². The minimum Gasteiger partial charge on any atom is -0.462 e. The van der Waals surface area contributed by atoms with Crippen molar-refractivity contribution in [2.24, 2.45) is 0 Å². The quantitative estimate of drug-likeness (QED) is 0.712. The van der Waals surface area contributed by atoms with E-state index in [2.05, 4.69) is 19.9 Å².